The minimum absolute atomic E-state index is 0.445. The zero-order chi connectivity index (χ0) is 12.1. The first-order valence-electron chi connectivity index (χ1n) is 5.69. The van der Waals surface area contributed by atoms with Gasteiger partial charge in [0, 0.05) is 33.7 Å². The van der Waals surface area contributed by atoms with Crippen LogP contribution in [0, 0.1) is 5.92 Å². The van der Waals surface area contributed by atoms with E-state index in [0.717, 1.165) is 17.0 Å². The SMILES string of the molecule is CC(C)CC(C)Nc1cccc(S(C)=O)c1. The lowest BCUT2D eigenvalue weighted by atomic mass is 10.1. The van der Waals surface area contributed by atoms with E-state index in [1.54, 1.807) is 6.26 Å². The Morgan fingerprint density at radius 3 is 2.56 bits per heavy atom. The highest BCUT2D eigenvalue weighted by Gasteiger charge is 2.05. The molecule has 1 rings (SSSR count). The monoisotopic (exact) mass is 239 g/mol. The molecule has 0 aromatic heterocycles. The molecule has 2 nitrogen and oxygen atoms in total. The Hall–Kier alpha value is -0.830. The van der Waals surface area contributed by atoms with Crippen LogP contribution in [0.5, 0.6) is 0 Å². The molecular weight excluding hydrogens is 218 g/mol. The van der Waals surface area contributed by atoms with E-state index in [2.05, 4.69) is 26.1 Å². The lowest BCUT2D eigenvalue weighted by Gasteiger charge is -2.17. The fourth-order valence-electron chi connectivity index (χ4n) is 1.82. The maximum atomic E-state index is 11.3. The zero-order valence-electron chi connectivity index (χ0n) is 10.5. The summed E-state index contributed by atoms with van der Waals surface area (Å²) in [6.45, 7) is 6.61. The molecule has 0 bridgehead atoms. The highest BCUT2D eigenvalue weighted by molar-refractivity contribution is 7.84. The molecule has 16 heavy (non-hydrogen) atoms. The van der Waals surface area contributed by atoms with Crippen LogP contribution in [0.1, 0.15) is 27.2 Å². The lowest BCUT2D eigenvalue weighted by Crippen LogP contribution is -2.17. The second kappa shape index (κ2) is 6.04. The standard InChI is InChI=1S/C13H21NOS/c1-10(2)8-11(3)14-12-6-5-7-13(9-12)16(4)15/h5-7,9-11,14H,8H2,1-4H3. The molecule has 0 saturated carbocycles. The highest BCUT2D eigenvalue weighted by atomic mass is 32.2. The number of anilines is 1. The second-order valence-electron chi connectivity index (χ2n) is 4.66. The molecule has 0 fully saturated rings. The molecule has 0 radical (unpaired) electrons. The topological polar surface area (TPSA) is 29.1 Å². The summed E-state index contributed by atoms with van der Waals surface area (Å²) in [6.07, 6.45) is 2.84. The van der Waals surface area contributed by atoms with Crippen molar-refractivity contribution in [2.24, 2.45) is 5.92 Å². The molecular formula is C13H21NOS. The Morgan fingerprint density at radius 1 is 1.31 bits per heavy atom. The van der Waals surface area contributed by atoms with Crippen LogP contribution in [-0.4, -0.2) is 16.5 Å². The van der Waals surface area contributed by atoms with Crippen molar-refractivity contribution in [2.75, 3.05) is 11.6 Å². The normalized spacial score (nSPS) is 14.8. The predicted octanol–water partition coefficient (Wildman–Crippen LogP) is 3.27. The van der Waals surface area contributed by atoms with E-state index < -0.39 is 10.8 Å². The molecule has 0 heterocycles. The molecule has 0 aliphatic heterocycles. The van der Waals surface area contributed by atoms with E-state index in [1.165, 1.54) is 0 Å². The zero-order valence-corrected chi connectivity index (χ0v) is 11.3. The largest absolute Gasteiger partial charge is 0.383 e. The first-order chi connectivity index (χ1) is 7.49. The molecule has 0 saturated heterocycles. The maximum absolute atomic E-state index is 11.3. The van der Waals surface area contributed by atoms with Crippen LogP contribution < -0.4 is 5.32 Å². The van der Waals surface area contributed by atoms with Gasteiger partial charge >= 0.3 is 0 Å². The Kier molecular flexibility index (Phi) is 5.00. The van der Waals surface area contributed by atoms with Crippen molar-refractivity contribution in [1.29, 1.82) is 0 Å². The van der Waals surface area contributed by atoms with Crippen molar-refractivity contribution in [1.82, 2.24) is 0 Å². The second-order valence-corrected chi connectivity index (χ2v) is 6.04. The first kappa shape index (κ1) is 13.2. The van der Waals surface area contributed by atoms with Crippen molar-refractivity contribution < 1.29 is 4.21 Å². The van der Waals surface area contributed by atoms with Gasteiger partial charge in [-0.05, 0) is 37.5 Å². The fourth-order valence-corrected chi connectivity index (χ4v) is 2.38. The number of rotatable bonds is 5. The molecule has 0 aliphatic carbocycles. The van der Waals surface area contributed by atoms with Crippen molar-refractivity contribution in [3.63, 3.8) is 0 Å². The summed E-state index contributed by atoms with van der Waals surface area (Å²) < 4.78 is 11.3. The molecule has 2 unspecified atom stereocenters. The van der Waals surface area contributed by atoms with Gasteiger partial charge < -0.3 is 5.32 Å². The summed E-state index contributed by atoms with van der Waals surface area (Å²) in [6, 6.07) is 8.27. The Morgan fingerprint density at radius 2 is 2.00 bits per heavy atom. The van der Waals surface area contributed by atoms with Crippen LogP contribution in [0.2, 0.25) is 0 Å². The van der Waals surface area contributed by atoms with Gasteiger partial charge in [0.15, 0.2) is 0 Å². The number of hydrogen-bond acceptors (Lipinski definition) is 2. The quantitative estimate of drug-likeness (QED) is 0.854. The Bertz CT molecular complexity index is 363. The van der Waals surface area contributed by atoms with Crippen LogP contribution in [0.15, 0.2) is 29.2 Å². The first-order valence-corrected chi connectivity index (χ1v) is 7.25. The van der Waals surface area contributed by atoms with Crippen LogP contribution in [0.3, 0.4) is 0 Å². The van der Waals surface area contributed by atoms with E-state index in [4.69, 9.17) is 0 Å². The van der Waals surface area contributed by atoms with Crippen LogP contribution in [0.4, 0.5) is 5.69 Å². The Labute approximate surface area is 101 Å². The van der Waals surface area contributed by atoms with Crippen molar-refractivity contribution in [3.8, 4) is 0 Å². The van der Waals surface area contributed by atoms with E-state index in [0.29, 0.717) is 12.0 Å². The highest BCUT2D eigenvalue weighted by Crippen LogP contribution is 2.16. The molecule has 0 amide bonds. The van der Waals surface area contributed by atoms with Crippen LogP contribution >= 0.6 is 0 Å². The van der Waals surface area contributed by atoms with Crippen LogP contribution in [0.25, 0.3) is 0 Å². The van der Waals surface area contributed by atoms with E-state index in [9.17, 15) is 4.21 Å². The molecule has 0 spiro atoms. The molecule has 2 atom stereocenters. The Balaban J connectivity index is 2.66. The van der Waals surface area contributed by atoms with Gasteiger partial charge in [-0.15, -0.1) is 0 Å². The van der Waals surface area contributed by atoms with Gasteiger partial charge in [-0.3, -0.25) is 4.21 Å². The van der Waals surface area contributed by atoms with Gasteiger partial charge in [0.1, 0.15) is 0 Å². The summed E-state index contributed by atoms with van der Waals surface area (Å²) in [5.74, 6) is 0.686. The third kappa shape index (κ3) is 4.35. The fraction of sp³-hybridized carbons (Fsp3) is 0.538. The third-order valence-corrected chi connectivity index (χ3v) is 3.32. The maximum Gasteiger partial charge on any atom is 0.0498 e. The number of nitrogens with one attached hydrogen (secondary N) is 1. The van der Waals surface area contributed by atoms with Gasteiger partial charge in [-0.1, -0.05) is 19.9 Å². The predicted molar refractivity (Wildman–Crippen MR) is 71.3 cm³/mol. The molecule has 0 aliphatic rings. The minimum atomic E-state index is -0.905. The summed E-state index contributed by atoms with van der Waals surface area (Å²) in [5, 5.41) is 3.43. The molecule has 3 heteroatoms. The molecule has 1 N–H and O–H groups in total. The van der Waals surface area contributed by atoms with Gasteiger partial charge in [-0.25, -0.2) is 0 Å². The smallest absolute Gasteiger partial charge is 0.0498 e. The molecule has 90 valence electrons. The van der Waals surface area contributed by atoms with E-state index >= 15 is 0 Å². The van der Waals surface area contributed by atoms with Gasteiger partial charge in [0.05, 0.1) is 0 Å². The number of hydrogen-bond donors (Lipinski definition) is 1. The number of benzene rings is 1. The van der Waals surface area contributed by atoms with Gasteiger partial charge in [0.25, 0.3) is 0 Å². The van der Waals surface area contributed by atoms with E-state index in [1.807, 2.05) is 24.3 Å². The van der Waals surface area contributed by atoms with Crippen molar-refractivity contribution >= 4 is 16.5 Å². The lowest BCUT2D eigenvalue weighted by molar-refractivity contribution is 0.540. The van der Waals surface area contributed by atoms with Gasteiger partial charge in [-0.2, -0.15) is 0 Å². The average Bonchev–Trinajstić information content (AvgIpc) is 2.16. The third-order valence-electron chi connectivity index (χ3n) is 2.40. The van der Waals surface area contributed by atoms with Crippen LogP contribution in [-0.2, 0) is 10.8 Å². The average molecular weight is 239 g/mol. The van der Waals surface area contributed by atoms with Crippen molar-refractivity contribution in [3.05, 3.63) is 24.3 Å². The van der Waals surface area contributed by atoms with Crippen molar-refractivity contribution in [2.45, 2.75) is 38.1 Å². The minimum Gasteiger partial charge on any atom is -0.383 e. The summed E-state index contributed by atoms with van der Waals surface area (Å²) in [5.41, 5.74) is 1.06. The molecule has 1 aromatic rings. The molecule has 1 aromatic carbocycles. The summed E-state index contributed by atoms with van der Waals surface area (Å²) in [4.78, 5) is 0.877. The summed E-state index contributed by atoms with van der Waals surface area (Å²) >= 11 is 0. The van der Waals surface area contributed by atoms with Gasteiger partial charge in [0.2, 0.25) is 0 Å². The summed E-state index contributed by atoms with van der Waals surface area (Å²) in [7, 11) is -0.905. The van der Waals surface area contributed by atoms with E-state index in [-0.39, 0.29) is 0 Å².